The number of anilines is 1. The van der Waals surface area contributed by atoms with Crippen molar-refractivity contribution in [2.75, 3.05) is 18.1 Å². The third-order valence-electron chi connectivity index (χ3n) is 6.98. The lowest BCUT2D eigenvalue weighted by Gasteiger charge is -2.25. The molecule has 0 unspecified atom stereocenters. The first-order chi connectivity index (χ1) is 15.2. The maximum Gasteiger partial charge on any atom is 0.144 e. The van der Waals surface area contributed by atoms with Gasteiger partial charge in [-0.25, -0.2) is 9.97 Å². The van der Waals surface area contributed by atoms with Crippen molar-refractivity contribution < 1.29 is 5.11 Å². The van der Waals surface area contributed by atoms with Gasteiger partial charge in [0.2, 0.25) is 0 Å². The molecule has 1 saturated heterocycles. The molecule has 5 nitrogen and oxygen atoms in total. The van der Waals surface area contributed by atoms with Crippen LogP contribution in [0.3, 0.4) is 0 Å². The van der Waals surface area contributed by atoms with Gasteiger partial charge in [-0.1, -0.05) is 48.5 Å². The van der Waals surface area contributed by atoms with Crippen molar-refractivity contribution in [2.45, 2.75) is 44.6 Å². The van der Waals surface area contributed by atoms with Gasteiger partial charge >= 0.3 is 0 Å². The predicted molar refractivity (Wildman–Crippen MR) is 125 cm³/mol. The van der Waals surface area contributed by atoms with Crippen LogP contribution >= 0.6 is 0 Å². The van der Waals surface area contributed by atoms with Crippen LogP contribution in [-0.4, -0.2) is 39.3 Å². The van der Waals surface area contributed by atoms with Crippen molar-refractivity contribution in [3.8, 4) is 0 Å². The molecular weight excluding hydrogens is 384 g/mol. The first-order valence-corrected chi connectivity index (χ1v) is 11.4. The Labute approximate surface area is 182 Å². The molecule has 158 valence electrons. The molecule has 1 aliphatic heterocycles. The molecule has 2 fully saturated rings. The van der Waals surface area contributed by atoms with E-state index in [-0.39, 0.29) is 12.6 Å². The number of aryl methyl sites for hydroxylation is 1. The summed E-state index contributed by atoms with van der Waals surface area (Å²) >= 11 is 0. The second-order valence-electron chi connectivity index (χ2n) is 9.27. The van der Waals surface area contributed by atoms with E-state index in [0.717, 1.165) is 42.1 Å². The Morgan fingerprint density at radius 2 is 1.90 bits per heavy atom. The molecule has 31 heavy (non-hydrogen) atoms. The van der Waals surface area contributed by atoms with Gasteiger partial charge in [-0.05, 0) is 55.6 Å². The highest BCUT2D eigenvalue weighted by molar-refractivity contribution is 6.12. The molecule has 0 spiro atoms. The minimum Gasteiger partial charge on any atom is -0.394 e. The maximum atomic E-state index is 10.2. The average molecular weight is 413 g/mol. The van der Waals surface area contributed by atoms with E-state index in [1.165, 1.54) is 34.9 Å². The highest BCUT2D eigenvalue weighted by atomic mass is 16.3. The molecule has 2 aliphatic rings. The topological polar surface area (TPSA) is 65.0 Å². The van der Waals surface area contributed by atoms with Crippen LogP contribution in [0.25, 0.3) is 21.9 Å². The fourth-order valence-electron chi connectivity index (χ4n) is 5.42. The molecule has 0 radical (unpaired) electrons. The molecule has 2 aromatic carbocycles. The molecular formula is C26H28N4O. The lowest BCUT2D eigenvalue weighted by Crippen LogP contribution is -2.33. The molecule has 3 heterocycles. The van der Waals surface area contributed by atoms with E-state index in [1.807, 2.05) is 6.92 Å². The first-order valence-electron chi connectivity index (χ1n) is 11.4. The smallest absolute Gasteiger partial charge is 0.144 e. The molecule has 6 rings (SSSR count). The van der Waals surface area contributed by atoms with Gasteiger partial charge in [-0.15, -0.1) is 0 Å². The number of aromatic amines is 1. The van der Waals surface area contributed by atoms with E-state index in [9.17, 15) is 5.11 Å². The number of aliphatic hydroxyl groups is 1. The van der Waals surface area contributed by atoms with Crippen molar-refractivity contribution in [2.24, 2.45) is 5.92 Å². The van der Waals surface area contributed by atoms with Gasteiger partial charge in [0.1, 0.15) is 17.3 Å². The number of benzene rings is 2. The van der Waals surface area contributed by atoms with Crippen LogP contribution in [-0.2, 0) is 6.42 Å². The number of fused-ring (bicyclic) bond motifs is 3. The van der Waals surface area contributed by atoms with Crippen LogP contribution in [0.5, 0.6) is 0 Å². The first kappa shape index (κ1) is 18.8. The lowest BCUT2D eigenvalue weighted by atomic mass is 9.97. The van der Waals surface area contributed by atoms with Crippen molar-refractivity contribution in [3.05, 3.63) is 65.5 Å². The van der Waals surface area contributed by atoms with E-state index in [0.29, 0.717) is 11.8 Å². The normalized spacial score (nSPS) is 21.4. The van der Waals surface area contributed by atoms with Crippen molar-refractivity contribution >= 4 is 27.8 Å². The SMILES string of the molecule is Cc1nc(N2C[C@H](Cc3ccccc3)C[C@H]2CO)c2c(n1)[nH]c1c(C3CC3)cccc12. The fourth-order valence-corrected chi connectivity index (χ4v) is 5.42. The van der Waals surface area contributed by atoms with E-state index in [1.54, 1.807) is 0 Å². The zero-order valence-corrected chi connectivity index (χ0v) is 17.9. The van der Waals surface area contributed by atoms with Crippen molar-refractivity contribution in [1.29, 1.82) is 0 Å². The van der Waals surface area contributed by atoms with Gasteiger partial charge in [0.05, 0.1) is 23.6 Å². The minimum atomic E-state index is 0.0859. The van der Waals surface area contributed by atoms with Gasteiger partial charge in [0.25, 0.3) is 0 Å². The summed E-state index contributed by atoms with van der Waals surface area (Å²) in [5, 5.41) is 12.5. The van der Waals surface area contributed by atoms with E-state index >= 15 is 0 Å². The van der Waals surface area contributed by atoms with E-state index in [4.69, 9.17) is 9.97 Å². The molecule has 2 atom stereocenters. The number of aliphatic hydroxyl groups excluding tert-OH is 1. The average Bonchev–Trinajstić information content (AvgIpc) is 3.44. The number of nitrogens with one attached hydrogen (secondary N) is 1. The zero-order chi connectivity index (χ0) is 20.9. The van der Waals surface area contributed by atoms with Gasteiger partial charge in [-0.2, -0.15) is 0 Å². The van der Waals surface area contributed by atoms with Crippen LogP contribution in [0.1, 0.15) is 42.1 Å². The molecule has 0 amide bonds. The van der Waals surface area contributed by atoms with Gasteiger partial charge in [0.15, 0.2) is 0 Å². The molecule has 2 N–H and O–H groups in total. The maximum absolute atomic E-state index is 10.2. The van der Waals surface area contributed by atoms with Crippen LogP contribution in [0.4, 0.5) is 5.82 Å². The molecule has 0 bridgehead atoms. The Hall–Kier alpha value is -2.92. The monoisotopic (exact) mass is 412 g/mol. The third-order valence-corrected chi connectivity index (χ3v) is 6.98. The van der Waals surface area contributed by atoms with Crippen LogP contribution in [0.2, 0.25) is 0 Å². The van der Waals surface area contributed by atoms with Crippen LogP contribution < -0.4 is 4.90 Å². The quantitative estimate of drug-likeness (QED) is 0.497. The Bertz CT molecular complexity index is 1240. The lowest BCUT2D eigenvalue weighted by molar-refractivity contribution is 0.262. The summed E-state index contributed by atoms with van der Waals surface area (Å²) in [4.78, 5) is 15.6. The molecule has 1 saturated carbocycles. The Kier molecular flexibility index (Phi) is 4.46. The molecule has 1 aliphatic carbocycles. The van der Waals surface area contributed by atoms with Gasteiger partial charge in [-0.3, -0.25) is 0 Å². The van der Waals surface area contributed by atoms with Crippen molar-refractivity contribution in [1.82, 2.24) is 15.0 Å². The number of hydrogen-bond acceptors (Lipinski definition) is 4. The summed E-state index contributed by atoms with van der Waals surface area (Å²) in [6.07, 6.45) is 4.55. The molecule has 4 aromatic rings. The highest BCUT2D eigenvalue weighted by Gasteiger charge is 2.35. The zero-order valence-electron chi connectivity index (χ0n) is 17.9. The third kappa shape index (κ3) is 3.28. The Morgan fingerprint density at radius 3 is 2.68 bits per heavy atom. The Morgan fingerprint density at radius 1 is 1.06 bits per heavy atom. The van der Waals surface area contributed by atoms with Crippen molar-refractivity contribution in [3.63, 3.8) is 0 Å². The van der Waals surface area contributed by atoms with E-state index < -0.39 is 0 Å². The fraction of sp³-hybridized carbons (Fsp3) is 0.385. The standard InChI is InChI=1S/C26H28N4O/c1-16-27-25-23(22-9-5-8-21(19-10-11-19)24(22)29-25)26(28-16)30-14-18(13-20(30)15-31)12-17-6-3-2-4-7-17/h2-9,18-20,31H,10-15H2,1H3,(H,27,28,29)/t18-,20+/m1/s1. The van der Waals surface area contributed by atoms with Crippen LogP contribution in [0.15, 0.2) is 48.5 Å². The predicted octanol–water partition coefficient (Wildman–Crippen LogP) is 4.73. The second kappa shape index (κ2) is 7.34. The van der Waals surface area contributed by atoms with Gasteiger partial charge < -0.3 is 15.0 Å². The molecule has 2 aromatic heterocycles. The number of hydrogen-bond donors (Lipinski definition) is 2. The van der Waals surface area contributed by atoms with Crippen LogP contribution in [0, 0.1) is 12.8 Å². The number of H-pyrrole nitrogens is 1. The summed E-state index contributed by atoms with van der Waals surface area (Å²) in [5.74, 6) is 2.90. The number of nitrogens with zero attached hydrogens (tertiary/aromatic N) is 3. The Balaban J connectivity index is 1.44. The number of para-hydroxylation sites is 1. The minimum absolute atomic E-state index is 0.0859. The summed E-state index contributed by atoms with van der Waals surface area (Å²) < 4.78 is 0. The summed E-state index contributed by atoms with van der Waals surface area (Å²) in [5.41, 5.74) is 4.88. The highest BCUT2D eigenvalue weighted by Crippen LogP contribution is 2.45. The summed E-state index contributed by atoms with van der Waals surface area (Å²) in [6.45, 7) is 3.01. The molecule has 5 heteroatoms. The second-order valence-corrected chi connectivity index (χ2v) is 9.27. The number of rotatable bonds is 5. The largest absolute Gasteiger partial charge is 0.394 e. The van der Waals surface area contributed by atoms with Gasteiger partial charge in [0, 0.05) is 11.9 Å². The van der Waals surface area contributed by atoms with E-state index in [2.05, 4.69) is 58.4 Å². The summed E-state index contributed by atoms with van der Waals surface area (Å²) in [7, 11) is 0. The number of aromatic nitrogens is 3. The summed E-state index contributed by atoms with van der Waals surface area (Å²) in [6, 6.07) is 17.4.